The molecule has 1 aromatic carbocycles. The van der Waals surface area contributed by atoms with Gasteiger partial charge in [-0.3, -0.25) is 4.79 Å². The number of hydrogen-bond donors (Lipinski definition) is 1. The van der Waals surface area contributed by atoms with Crippen LogP contribution in [0.1, 0.15) is 61.4 Å². The minimum atomic E-state index is 0.190. The molecule has 104 valence electrons. The molecule has 1 rings (SSSR count). The molecule has 0 atom stereocenters. The Bertz CT molecular complexity index is 409. The zero-order valence-corrected chi connectivity index (χ0v) is 11.7. The maximum Gasteiger partial charge on any atom is 0.162 e. The van der Waals surface area contributed by atoms with Gasteiger partial charge in [0.25, 0.3) is 0 Å². The fraction of sp³-hybridized carbons (Fsp3) is 0.500. The summed E-state index contributed by atoms with van der Waals surface area (Å²) in [5, 5.41) is 0. The van der Waals surface area contributed by atoms with Crippen molar-refractivity contribution in [1.29, 1.82) is 0 Å². The van der Waals surface area contributed by atoms with Crippen LogP contribution in [-0.4, -0.2) is 11.6 Å². The number of carbonyl (C=O) groups excluding carboxylic acids is 2. The van der Waals surface area contributed by atoms with Crippen molar-refractivity contribution in [3.63, 3.8) is 0 Å². The second-order valence-corrected chi connectivity index (χ2v) is 4.94. The second kappa shape index (κ2) is 8.59. The monoisotopic (exact) mass is 261 g/mol. The molecule has 0 saturated carbocycles. The predicted molar refractivity (Wildman–Crippen MR) is 77.0 cm³/mol. The number of nitrogens with two attached hydrogens (primary N) is 1. The van der Waals surface area contributed by atoms with Gasteiger partial charge in [0.1, 0.15) is 5.78 Å². The van der Waals surface area contributed by atoms with E-state index in [-0.39, 0.29) is 11.6 Å². The van der Waals surface area contributed by atoms with E-state index in [9.17, 15) is 9.59 Å². The van der Waals surface area contributed by atoms with Crippen LogP contribution >= 0.6 is 0 Å². The van der Waals surface area contributed by atoms with Crippen molar-refractivity contribution < 1.29 is 9.59 Å². The zero-order chi connectivity index (χ0) is 14.1. The predicted octanol–water partition coefficient (Wildman–Crippen LogP) is 3.26. The molecule has 0 radical (unpaired) electrons. The molecule has 0 bridgehead atoms. The van der Waals surface area contributed by atoms with Crippen LogP contribution < -0.4 is 5.73 Å². The molecular weight excluding hydrogens is 238 g/mol. The lowest BCUT2D eigenvalue weighted by Crippen LogP contribution is -2.01. The third kappa shape index (κ3) is 6.30. The number of benzene rings is 1. The van der Waals surface area contributed by atoms with Gasteiger partial charge in [0.2, 0.25) is 0 Å². The van der Waals surface area contributed by atoms with Crippen LogP contribution in [0.5, 0.6) is 0 Å². The van der Waals surface area contributed by atoms with Crippen LogP contribution in [0, 0.1) is 0 Å². The van der Waals surface area contributed by atoms with Crippen LogP contribution in [0.3, 0.4) is 0 Å². The Balaban J connectivity index is 2.21. The van der Waals surface area contributed by atoms with Gasteiger partial charge < -0.3 is 10.5 Å². The summed E-state index contributed by atoms with van der Waals surface area (Å²) in [7, 11) is 0. The number of Topliss-reactive ketones (excluding diaryl/α,β-unsaturated/α-hetero) is 2. The Morgan fingerprint density at radius 2 is 1.53 bits per heavy atom. The fourth-order valence-corrected chi connectivity index (χ4v) is 1.98. The van der Waals surface area contributed by atoms with Crippen molar-refractivity contribution >= 4 is 11.6 Å². The van der Waals surface area contributed by atoms with Gasteiger partial charge in [0, 0.05) is 24.9 Å². The van der Waals surface area contributed by atoms with Gasteiger partial charge in [-0.15, -0.1) is 0 Å². The molecule has 2 N–H and O–H groups in total. The topological polar surface area (TPSA) is 60.2 Å². The maximum atomic E-state index is 11.9. The quantitative estimate of drug-likeness (QED) is 0.548. The second-order valence-electron chi connectivity index (χ2n) is 4.94. The molecule has 0 aliphatic carbocycles. The lowest BCUT2D eigenvalue weighted by atomic mass is 10.0. The number of carbonyl (C=O) groups is 2. The zero-order valence-electron chi connectivity index (χ0n) is 11.7. The summed E-state index contributed by atoms with van der Waals surface area (Å²) in [6.45, 7) is 2.12. The van der Waals surface area contributed by atoms with Crippen molar-refractivity contribution in [2.45, 2.75) is 52.0 Å². The fourth-order valence-electron chi connectivity index (χ4n) is 1.98. The molecule has 0 heterocycles. The largest absolute Gasteiger partial charge is 0.326 e. The van der Waals surface area contributed by atoms with Gasteiger partial charge in [0.15, 0.2) is 5.78 Å². The van der Waals surface area contributed by atoms with Gasteiger partial charge in [-0.05, 0) is 25.3 Å². The Kier molecular flexibility index (Phi) is 7.04. The van der Waals surface area contributed by atoms with Crippen LogP contribution in [0.15, 0.2) is 24.3 Å². The molecule has 0 saturated heterocycles. The normalized spacial score (nSPS) is 10.4. The van der Waals surface area contributed by atoms with Gasteiger partial charge >= 0.3 is 0 Å². The molecular formula is C16H23NO2. The Hall–Kier alpha value is -1.48. The van der Waals surface area contributed by atoms with Gasteiger partial charge in [0.05, 0.1) is 0 Å². The Morgan fingerprint density at radius 3 is 2.05 bits per heavy atom. The third-order valence-corrected chi connectivity index (χ3v) is 3.19. The minimum Gasteiger partial charge on any atom is -0.326 e. The summed E-state index contributed by atoms with van der Waals surface area (Å²) in [4.78, 5) is 22.7. The van der Waals surface area contributed by atoms with Crippen LogP contribution in [0.4, 0.5) is 0 Å². The lowest BCUT2D eigenvalue weighted by molar-refractivity contribution is -0.117. The van der Waals surface area contributed by atoms with Crippen molar-refractivity contribution in [3.05, 3.63) is 35.4 Å². The smallest absolute Gasteiger partial charge is 0.162 e. The van der Waals surface area contributed by atoms with E-state index in [4.69, 9.17) is 5.73 Å². The molecule has 19 heavy (non-hydrogen) atoms. The molecule has 0 aliphatic rings. The lowest BCUT2D eigenvalue weighted by Gasteiger charge is -2.03. The van der Waals surface area contributed by atoms with E-state index in [0.717, 1.165) is 36.8 Å². The summed E-state index contributed by atoms with van der Waals surface area (Å²) < 4.78 is 0. The molecule has 3 heteroatoms. The maximum absolute atomic E-state index is 11.9. The van der Waals surface area contributed by atoms with E-state index in [0.29, 0.717) is 19.4 Å². The number of unbranched alkanes of at least 4 members (excludes halogenated alkanes) is 3. The van der Waals surface area contributed by atoms with E-state index in [1.807, 2.05) is 24.3 Å². The summed E-state index contributed by atoms with van der Waals surface area (Å²) in [6, 6.07) is 7.50. The van der Waals surface area contributed by atoms with Crippen molar-refractivity contribution in [2.24, 2.45) is 5.73 Å². The summed E-state index contributed by atoms with van der Waals surface area (Å²) in [5.74, 6) is 0.436. The SMILES string of the molecule is CC(=O)CCCCCCC(=O)c1ccc(CN)cc1. The number of hydrogen-bond acceptors (Lipinski definition) is 3. The van der Waals surface area contributed by atoms with E-state index < -0.39 is 0 Å². The first kappa shape index (κ1) is 15.6. The molecule has 0 amide bonds. The molecule has 0 spiro atoms. The Labute approximate surface area is 115 Å². The average molecular weight is 261 g/mol. The van der Waals surface area contributed by atoms with Gasteiger partial charge in [-0.25, -0.2) is 0 Å². The highest BCUT2D eigenvalue weighted by atomic mass is 16.1. The number of rotatable bonds is 9. The Morgan fingerprint density at radius 1 is 0.947 bits per heavy atom. The molecule has 1 aromatic rings. The molecule has 0 unspecified atom stereocenters. The molecule has 0 fully saturated rings. The molecule has 0 aliphatic heterocycles. The average Bonchev–Trinajstić information content (AvgIpc) is 2.42. The molecule has 3 nitrogen and oxygen atoms in total. The van der Waals surface area contributed by atoms with E-state index in [1.165, 1.54) is 0 Å². The first-order valence-corrected chi connectivity index (χ1v) is 6.95. The first-order chi connectivity index (χ1) is 9.13. The standard InChI is InChI=1S/C16H23NO2/c1-13(18)6-4-2-3-5-7-16(19)15-10-8-14(12-17)9-11-15/h8-11H,2-7,12,17H2,1H3. The summed E-state index contributed by atoms with van der Waals surface area (Å²) in [6.07, 6.45) is 5.12. The van der Waals surface area contributed by atoms with Crippen molar-refractivity contribution in [2.75, 3.05) is 0 Å². The third-order valence-electron chi connectivity index (χ3n) is 3.19. The highest BCUT2D eigenvalue weighted by molar-refractivity contribution is 5.96. The summed E-state index contributed by atoms with van der Waals surface area (Å²) in [5.41, 5.74) is 7.32. The molecule has 0 aromatic heterocycles. The van der Waals surface area contributed by atoms with E-state index >= 15 is 0 Å². The minimum absolute atomic E-state index is 0.190. The van der Waals surface area contributed by atoms with Gasteiger partial charge in [-0.1, -0.05) is 37.1 Å². The van der Waals surface area contributed by atoms with Crippen molar-refractivity contribution in [3.8, 4) is 0 Å². The first-order valence-electron chi connectivity index (χ1n) is 6.95. The van der Waals surface area contributed by atoms with Gasteiger partial charge in [-0.2, -0.15) is 0 Å². The van der Waals surface area contributed by atoms with E-state index in [1.54, 1.807) is 6.92 Å². The van der Waals surface area contributed by atoms with Crippen molar-refractivity contribution in [1.82, 2.24) is 0 Å². The van der Waals surface area contributed by atoms with Crippen LogP contribution in [0.25, 0.3) is 0 Å². The summed E-state index contributed by atoms with van der Waals surface area (Å²) >= 11 is 0. The number of ketones is 2. The van der Waals surface area contributed by atoms with E-state index in [2.05, 4.69) is 0 Å². The van der Waals surface area contributed by atoms with Crippen LogP contribution in [-0.2, 0) is 11.3 Å². The highest BCUT2D eigenvalue weighted by Crippen LogP contribution is 2.11. The highest BCUT2D eigenvalue weighted by Gasteiger charge is 2.05. The van der Waals surface area contributed by atoms with Crippen LogP contribution in [0.2, 0.25) is 0 Å².